The molecule has 1 aromatic carbocycles. The van der Waals surface area contributed by atoms with E-state index in [0.29, 0.717) is 9.87 Å². The molecule has 9 heteroatoms. The van der Waals surface area contributed by atoms with Gasteiger partial charge in [-0.05, 0) is 25.5 Å². The zero-order valence-corrected chi connectivity index (χ0v) is 11.7. The lowest BCUT2D eigenvalue weighted by molar-refractivity contribution is -0.384. The van der Waals surface area contributed by atoms with Crippen LogP contribution in [-0.2, 0) is 21.4 Å². The minimum absolute atomic E-state index is 0.0168. The monoisotopic (exact) mass is 299 g/mol. The summed E-state index contributed by atoms with van der Waals surface area (Å²) in [5, 5.41) is 10.8. The molecule has 1 aromatic rings. The highest BCUT2D eigenvalue weighted by Crippen LogP contribution is 2.36. The van der Waals surface area contributed by atoms with Crippen LogP contribution in [0.4, 0.5) is 11.4 Å². The summed E-state index contributed by atoms with van der Waals surface area (Å²) in [7, 11) is -3.71. The van der Waals surface area contributed by atoms with Gasteiger partial charge in [-0.15, -0.1) is 0 Å². The van der Waals surface area contributed by atoms with Crippen LogP contribution >= 0.6 is 0 Å². The molecule has 0 saturated carbocycles. The molecule has 0 aliphatic carbocycles. The lowest BCUT2D eigenvalue weighted by atomic mass is 10.1. The van der Waals surface area contributed by atoms with Crippen LogP contribution in [0, 0.1) is 10.1 Å². The summed E-state index contributed by atoms with van der Waals surface area (Å²) in [6, 6.07) is 3.94. The van der Waals surface area contributed by atoms with Crippen LogP contribution in [0.3, 0.4) is 0 Å². The number of nitrogen functional groups attached to an aromatic ring is 1. The summed E-state index contributed by atoms with van der Waals surface area (Å²) in [5.74, 6) is -0.531. The first-order valence-corrected chi connectivity index (χ1v) is 7.12. The Kier molecular flexibility index (Phi) is 2.97. The third kappa shape index (κ3) is 1.82. The maximum atomic E-state index is 11.9. The van der Waals surface area contributed by atoms with Crippen LogP contribution in [0.25, 0.3) is 0 Å². The van der Waals surface area contributed by atoms with Crippen LogP contribution in [-0.4, -0.2) is 28.3 Å². The van der Waals surface area contributed by atoms with Crippen molar-refractivity contribution in [3.63, 3.8) is 0 Å². The van der Waals surface area contributed by atoms with Crippen LogP contribution in [0.5, 0.6) is 0 Å². The largest absolute Gasteiger partial charge is 0.393 e. The summed E-state index contributed by atoms with van der Waals surface area (Å²) in [4.78, 5) is 21.9. The molecule has 0 radical (unpaired) electrons. The van der Waals surface area contributed by atoms with Gasteiger partial charge in [0.2, 0.25) is 0 Å². The van der Waals surface area contributed by atoms with Crippen molar-refractivity contribution in [2.24, 2.45) is 0 Å². The molecule has 0 unspecified atom stereocenters. The SMILES string of the molecule is CC1(C)C(=O)N(Cc2ccc(N)c([N+](=O)[O-])c2)S1(=O)=O. The zero-order valence-electron chi connectivity index (χ0n) is 10.9. The lowest BCUT2D eigenvalue weighted by Gasteiger charge is -2.43. The number of nitrogens with two attached hydrogens (primary N) is 1. The highest BCUT2D eigenvalue weighted by molar-refractivity contribution is 7.94. The second-order valence-corrected chi connectivity index (χ2v) is 7.39. The number of amides is 1. The average Bonchev–Trinajstić information content (AvgIpc) is 2.36. The Labute approximate surface area is 115 Å². The zero-order chi connectivity index (χ0) is 15.3. The molecular weight excluding hydrogens is 286 g/mol. The normalized spacial score (nSPS) is 19.5. The van der Waals surface area contributed by atoms with Crippen molar-refractivity contribution in [1.29, 1.82) is 0 Å². The summed E-state index contributed by atoms with van der Waals surface area (Å²) < 4.78 is 23.1. The van der Waals surface area contributed by atoms with Crippen LogP contribution in [0.15, 0.2) is 18.2 Å². The van der Waals surface area contributed by atoms with Crippen LogP contribution in [0.2, 0.25) is 0 Å². The molecule has 0 bridgehead atoms. The van der Waals surface area contributed by atoms with Gasteiger partial charge in [0.1, 0.15) is 5.69 Å². The number of nitro benzene ring substituents is 1. The molecule has 2 rings (SSSR count). The van der Waals surface area contributed by atoms with Gasteiger partial charge in [-0.1, -0.05) is 6.07 Å². The van der Waals surface area contributed by atoms with Crippen molar-refractivity contribution < 1.29 is 18.1 Å². The highest BCUT2D eigenvalue weighted by Gasteiger charge is 2.59. The number of nitrogens with zero attached hydrogens (tertiary/aromatic N) is 2. The van der Waals surface area contributed by atoms with Crippen molar-refractivity contribution in [3.05, 3.63) is 33.9 Å². The molecule has 1 amide bonds. The number of sulfonamides is 1. The number of anilines is 1. The quantitative estimate of drug-likeness (QED) is 0.496. The van der Waals surface area contributed by atoms with Gasteiger partial charge in [0.05, 0.1) is 11.5 Å². The smallest absolute Gasteiger partial charge is 0.292 e. The molecule has 0 atom stereocenters. The minimum atomic E-state index is -3.71. The first kappa shape index (κ1) is 14.3. The number of hydrogen-bond acceptors (Lipinski definition) is 6. The van der Waals surface area contributed by atoms with Crippen molar-refractivity contribution in [3.8, 4) is 0 Å². The van der Waals surface area contributed by atoms with E-state index in [-0.39, 0.29) is 17.9 Å². The predicted octanol–water partition coefficient (Wildman–Crippen LogP) is 0.628. The van der Waals surface area contributed by atoms with Gasteiger partial charge in [0.15, 0.2) is 4.75 Å². The van der Waals surface area contributed by atoms with E-state index in [4.69, 9.17) is 5.73 Å². The van der Waals surface area contributed by atoms with Gasteiger partial charge in [-0.25, -0.2) is 12.7 Å². The average molecular weight is 299 g/mol. The Balaban J connectivity index is 2.31. The lowest BCUT2D eigenvalue weighted by Crippen LogP contribution is -2.66. The Hall–Kier alpha value is -2.16. The maximum absolute atomic E-state index is 11.9. The maximum Gasteiger partial charge on any atom is 0.292 e. The Bertz CT molecular complexity index is 711. The minimum Gasteiger partial charge on any atom is -0.393 e. The van der Waals surface area contributed by atoms with E-state index in [9.17, 15) is 23.3 Å². The fourth-order valence-corrected chi connectivity index (χ4v) is 3.44. The molecular formula is C11H13N3O5S. The number of benzene rings is 1. The molecule has 2 N–H and O–H groups in total. The van der Waals surface area contributed by atoms with Crippen molar-refractivity contribution >= 4 is 27.3 Å². The van der Waals surface area contributed by atoms with Crippen LogP contribution < -0.4 is 5.73 Å². The second kappa shape index (κ2) is 4.17. The highest BCUT2D eigenvalue weighted by atomic mass is 32.2. The van der Waals surface area contributed by atoms with Crippen LogP contribution in [0.1, 0.15) is 19.4 Å². The van der Waals surface area contributed by atoms with Gasteiger partial charge in [0, 0.05) is 6.07 Å². The molecule has 1 heterocycles. The van der Waals surface area contributed by atoms with E-state index in [2.05, 4.69) is 0 Å². The Morgan fingerprint density at radius 2 is 2.00 bits per heavy atom. The van der Waals surface area contributed by atoms with Gasteiger partial charge in [-0.2, -0.15) is 0 Å². The Morgan fingerprint density at radius 1 is 1.40 bits per heavy atom. The number of carbonyl (C=O) groups excluding carboxylic acids is 1. The molecule has 1 saturated heterocycles. The third-order valence-corrected chi connectivity index (χ3v) is 5.63. The first-order valence-electron chi connectivity index (χ1n) is 5.68. The molecule has 0 aromatic heterocycles. The van der Waals surface area contributed by atoms with Crippen molar-refractivity contribution in [1.82, 2.24) is 4.31 Å². The van der Waals surface area contributed by atoms with E-state index in [0.717, 1.165) is 0 Å². The molecule has 0 spiro atoms. The number of carbonyl (C=O) groups is 1. The van der Waals surface area contributed by atoms with E-state index in [1.165, 1.54) is 32.0 Å². The van der Waals surface area contributed by atoms with E-state index < -0.39 is 25.6 Å². The van der Waals surface area contributed by atoms with Crippen molar-refractivity contribution in [2.45, 2.75) is 25.1 Å². The number of nitro groups is 1. The molecule has 8 nitrogen and oxygen atoms in total. The molecule has 1 aliphatic rings. The van der Waals surface area contributed by atoms with E-state index in [1.54, 1.807) is 0 Å². The molecule has 1 aliphatic heterocycles. The van der Waals surface area contributed by atoms with Gasteiger partial charge in [0.25, 0.3) is 21.6 Å². The molecule has 20 heavy (non-hydrogen) atoms. The molecule has 108 valence electrons. The second-order valence-electron chi connectivity index (χ2n) is 4.98. The summed E-state index contributed by atoms with van der Waals surface area (Å²) >= 11 is 0. The summed E-state index contributed by atoms with van der Waals surface area (Å²) in [5.41, 5.74) is 5.45. The fraction of sp³-hybridized carbons (Fsp3) is 0.364. The molecule has 1 fully saturated rings. The fourth-order valence-electron chi connectivity index (χ4n) is 1.92. The van der Waals surface area contributed by atoms with Gasteiger partial charge < -0.3 is 5.73 Å². The number of rotatable bonds is 3. The first-order chi connectivity index (χ1) is 9.09. The summed E-state index contributed by atoms with van der Waals surface area (Å²) in [6.07, 6.45) is 0. The predicted molar refractivity (Wildman–Crippen MR) is 71.1 cm³/mol. The standard InChI is InChI=1S/C11H13N3O5S/c1-11(2)10(15)13(20(11,18)19)6-7-3-4-8(12)9(5-7)14(16)17/h3-5H,6,12H2,1-2H3. The van der Waals surface area contributed by atoms with Gasteiger partial charge in [-0.3, -0.25) is 14.9 Å². The van der Waals surface area contributed by atoms with E-state index >= 15 is 0 Å². The van der Waals surface area contributed by atoms with Crippen molar-refractivity contribution in [2.75, 3.05) is 5.73 Å². The van der Waals surface area contributed by atoms with E-state index in [1.807, 2.05) is 0 Å². The Morgan fingerprint density at radius 3 is 2.50 bits per heavy atom. The van der Waals surface area contributed by atoms with Gasteiger partial charge >= 0.3 is 0 Å². The third-order valence-electron chi connectivity index (χ3n) is 3.29. The number of hydrogen-bond donors (Lipinski definition) is 1. The summed E-state index contributed by atoms with van der Waals surface area (Å²) in [6.45, 7) is 2.42. The topological polar surface area (TPSA) is 124 Å².